The summed E-state index contributed by atoms with van der Waals surface area (Å²) in [5, 5.41) is 7.32. The van der Waals surface area contributed by atoms with Gasteiger partial charge in [-0.05, 0) is 130 Å². The normalized spacial score (nSPS) is 11.3. The minimum atomic E-state index is 0.848. The molecule has 0 aliphatic carbocycles. The highest BCUT2D eigenvalue weighted by Gasteiger charge is 2.19. The van der Waals surface area contributed by atoms with Crippen molar-refractivity contribution in [3.63, 3.8) is 0 Å². The molecule has 9 rings (SSSR count). The van der Waals surface area contributed by atoms with Gasteiger partial charge in [0.2, 0.25) is 0 Å². The summed E-state index contributed by atoms with van der Waals surface area (Å²) in [6.07, 6.45) is 0. The molecule has 0 aromatic heterocycles. The zero-order chi connectivity index (χ0) is 35.0. The van der Waals surface area contributed by atoms with Gasteiger partial charge in [-0.25, -0.2) is 0 Å². The van der Waals surface area contributed by atoms with E-state index >= 15 is 0 Å². The highest BCUT2D eigenvalue weighted by molar-refractivity contribution is 6.23. The maximum Gasteiger partial charge on any atom is 0.118 e. The Hall–Kier alpha value is -6.64. The van der Waals surface area contributed by atoms with Crippen molar-refractivity contribution in [1.82, 2.24) is 0 Å². The fourth-order valence-corrected chi connectivity index (χ4v) is 7.58. The molecule has 0 saturated carbocycles. The lowest BCUT2D eigenvalue weighted by atomic mass is 9.83. The van der Waals surface area contributed by atoms with Crippen LogP contribution in [0.3, 0.4) is 0 Å². The molecule has 0 saturated heterocycles. The van der Waals surface area contributed by atoms with E-state index in [1.807, 2.05) is 24.3 Å². The van der Waals surface area contributed by atoms with Crippen LogP contribution in [0.15, 0.2) is 182 Å². The molecule has 248 valence electrons. The van der Waals surface area contributed by atoms with Crippen LogP contribution in [-0.2, 0) is 0 Å². The van der Waals surface area contributed by atoms with E-state index in [2.05, 4.69) is 158 Å². The molecule has 0 bridgehead atoms. The fraction of sp³-hybridized carbons (Fsp3) is 0.0400. The number of fused-ring (bicyclic) bond motifs is 3. The van der Waals surface area contributed by atoms with E-state index in [9.17, 15) is 0 Å². The second-order valence-electron chi connectivity index (χ2n) is 13.2. The predicted molar refractivity (Wildman–Crippen MR) is 219 cm³/mol. The minimum absolute atomic E-state index is 0.848. The molecule has 9 aromatic rings. The van der Waals surface area contributed by atoms with Crippen molar-refractivity contribution in [2.45, 2.75) is 0 Å². The second-order valence-corrected chi connectivity index (χ2v) is 13.2. The molecule has 0 radical (unpaired) electrons. The largest absolute Gasteiger partial charge is 0.497 e. The third kappa shape index (κ3) is 5.65. The average molecular weight is 669 g/mol. The van der Waals surface area contributed by atoms with Gasteiger partial charge in [0, 0.05) is 0 Å². The number of ether oxygens (including phenoxy) is 2. The van der Waals surface area contributed by atoms with E-state index in [0.717, 1.165) is 33.8 Å². The van der Waals surface area contributed by atoms with Crippen LogP contribution in [0.2, 0.25) is 0 Å². The van der Waals surface area contributed by atoms with E-state index in [1.54, 1.807) is 14.2 Å². The molecule has 0 amide bonds. The van der Waals surface area contributed by atoms with Crippen LogP contribution in [0.25, 0.3) is 88.0 Å². The Kier molecular flexibility index (Phi) is 7.98. The SMILES string of the molecule is COc1ccc(-c2ccc3c(-c4ccc5ccccc5c4)c4cc(-c5ccc(OC)cc5)ccc4c(-c4ccc(-c5ccccc5)cc4)c3c2)cc1. The van der Waals surface area contributed by atoms with Gasteiger partial charge >= 0.3 is 0 Å². The van der Waals surface area contributed by atoms with E-state index < -0.39 is 0 Å². The molecule has 0 aliphatic rings. The Morgan fingerprint density at radius 1 is 0.269 bits per heavy atom. The first kappa shape index (κ1) is 31.3. The molecular weight excluding hydrogens is 633 g/mol. The molecule has 0 atom stereocenters. The molecule has 2 heteroatoms. The van der Waals surface area contributed by atoms with E-state index in [-0.39, 0.29) is 0 Å². The Morgan fingerprint density at radius 2 is 0.673 bits per heavy atom. The number of methoxy groups -OCH3 is 2. The van der Waals surface area contributed by atoms with Crippen LogP contribution >= 0.6 is 0 Å². The van der Waals surface area contributed by atoms with Crippen molar-refractivity contribution >= 4 is 32.3 Å². The van der Waals surface area contributed by atoms with Crippen molar-refractivity contribution in [1.29, 1.82) is 0 Å². The number of hydrogen-bond donors (Lipinski definition) is 0. The molecule has 0 aliphatic heterocycles. The van der Waals surface area contributed by atoms with Crippen LogP contribution in [0.1, 0.15) is 0 Å². The zero-order valence-electron chi connectivity index (χ0n) is 29.1. The van der Waals surface area contributed by atoms with Crippen molar-refractivity contribution < 1.29 is 9.47 Å². The van der Waals surface area contributed by atoms with Crippen LogP contribution < -0.4 is 9.47 Å². The van der Waals surface area contributed by atoms with Gasteiger partial charge in [0.15, 0.2) is 0 Å². The molecule has 0 heterocycles. The smallest absolute Gasteiger partial charge is 0.118 e. The standard InChI is InChI=1S/C50H36O2/c1-51-43-24-18-36(19-25-43)40-23-29-46-47(31-40)49(38-15-12-35(13-16-38)33-8-4-3-5-9-33)45-28-22-41(37-20-26-44(52-2)27-21-37)32-48(45)50(46)42-17-14-34-10-6-7-11-39(34)30-42/h3-32H,1-2H3. The maximum absolute atomic E-state index is 5.48. The topological polar surface area (TPSA) is 18.5 Å². The lowest BCUT2D eigenvalue weighted by Gasteiger charge is -2.20. The highest BCUT2D eigenvalue weighted by Crippen LogP contribution is 2.46. The minimum Gasteiger partial charge on any atom is -0.497 e. The first-order chi connectivity index (χ1) is 25.7. The summed E-state index contributed by atoms with van der Waals surface area (Å²) < 4.78 is 11.0. The Labute approximate surface area is 304 Å². The zero-order valence-corrected chi connectivity index (χ0v) is 29.1. The van der Waals surface area contributed by atoms with Crippen molar-refractivity contribution in [3.05, 3.63) is 182 Å². The maximum atomic E-state index is 5.48. The van der Waals surface area contributed by atoms with E-state index in [4.69, 9.17) is 9.47 Å². The monoisotopic (exact) mass is 668 g/mol. The summed E-state index contributed by atoms with van der Waals surface area (Å²) >= 11 is 0. The molecule has 0 fully saturated rings. The molecule has 0 N–H and O–H groups in total. The first-order valence-corrected chi connectivity index (χ1v) is 17.6. The van der Waals surface area contributed by atoms with Gasteiger partial charge in [-0.1, -0.05) is 140 Å². The summed E-state index contributed by atoms with van der Waals surface area (Å²) in [4.78, 5) is 0. The van der Waals surface area contributed by atoms with Crippen LogP contribution in [0.4, 0.5) is 0 Å². The van der Waals surface area contributed by atoms with Gasteiger partial charge < -0.3 is 9.47 Å². The van der Waals surface area contributed by atoms with E-state index in [1.165, 1.54) is 65.7 Å². The predicted octanol–water partition coefficient (Wildman–Crippen LogP) is 13.5. The lowest BCUT2D eigenvalue weighted by Crippen LogP contribution is -1.93. The molecule has 52 heavy (non-hydrogen) atoms. The van der Waals surface area contributed by atoms with Gasteiger partial charge in [0.25, 0.3) is 0 Å². The fourth-order valence-electron chi connectivity index (χ4n) is 7.58. The van der Waals surface area contributed by atoms with Gasteiger partial charge in [0.1, 0.15) is 11.5 Å². The lowest BCUT2D eigenvalue weighted by molar-refractivity contribution is 0.415. The first-order valence-electron chi connectivity index (χ1n) is 17.6. The molecule has 0 unspecified atom stereocenters. The van der Waals surface area contributed by atoms with Gasteiger partial charge in [-0.15, -0.1) is 0 Å². The third-order valence-corrected chi connectivity index (χ3v) is 10.3. The van der Waals surface area contributed by atoms with Crippen LogP contribution in [-0.4, -0.2) is 14.2 Å². The van der Waals surface area contributed by atoms with Crippen molar-refractivity contribution in [2.24, 2.45) is 0 Å². The van der Waals surface area contributed by atoms with Gasteiger partial charge in [-0.3, -0.25) is 0 Å². The Balaban J connectivity index is 1.36. The molecule has 9 aromatic carbocycles. The molecular formula is C50H36O2. The van der Waals surface area contributed by atoms with E-state index in [0.29, 0.717) is 0 Å². The number of benzene rings is 9. The highest BCUT2D eigenvalue weighted by atomic mass is 16.5. The van der Waals surface area contributed by atoms with Gasteiger partial charge in [0.05, 0.1) is 14.2 Å². The summed E-state index contributed by atoms with van der Waals surface area (Å²) in [5.41, 5.74) is 11.9. The van der Waals surface area contributed by atoms with Crippen LogP contribution in [0.5, 0.6) is 11.5 Å². The number of hydrogen-bond acceptors (Lipinski definition) is 2. The third-order valence-electron chi connectivity index (χ3n) is 10.3. The number of rotatable bonds is 7. The summed E-state index contributed by atoms with van der Waals surface area (Å²) in [6.45, 7) is 0. The second kappa shape index (κ2) is 13.2. The van der Waals surface area contributed by atoms with Gasteiger partial charge in [-0.2, -0.15) is 0 Å². The molecule has 0 spiro atoms. The van der Waals surface area contributed by atoms with Crippen LogP contribution in [0, 0.1) is 0 Å². The van der Waals surface area contributed by atoms with Crippen molar-refractivity contribution in [2.75, 3.05) is 14.2 Å². The summed E-state index contributed by atoms with van der Waals surface area (Å²) in [6, 6.07) is 65.7. The quantitative estimate of drug-likeness (QED) is 0.157. The molecule has 2 nitrogen and oxygen atoms in total. The Bertz CT molecular complexity index is 2710. The average Bonchev–Trinajstić information content (AvgIpc) is 3.22. The summed E-state index contributed by atoms with van der Waals surface area (Å²) in [7, 11) is 3.42. The summed E-state index contributed by atoms with van der Waals surface area (Å²) in [5.74, 6) is 1.70. The van der Waals surface area contributed by atoms with Crippen molar-refractivity contribution in [3.8, 4) is 67.1 Å². The Morgan fingerprint density at radius 3 is 1.23 bits per heavy atom.